The molecule has 1 atom stereocenters. The SMILES string of the molecule is CC(C)(C)OC(=O)N[C@H](CO)CCCS(=O)(=O)O. The molecule has 0 aromatic heterocycles. The van der Waals surface area contributed by atoms with E-state index >= 15 is 0 Å². The molecule has 0 aliphatic carbocycles. The van der Waals surface area contributed by atoms with Crippen molar-refractivity contribution in [1.82, 2.24) is 5.32 Å². The molecule has 0 saturated carbocycles. The predicted octanol–water partition coefficient (Wildman–Crippen LogP) is 0.540. The molecule has 1 amide bonds. The first-order valence-corrected chi connectivity index (χ1v) is 7.20. The number of nitrogens with one attached hydrogen (secondary N) is 1. The summed E-state index contributed by atoms with van der Waals surface area (Å²) in [5.74, 6) is -0.403. The van der Waals surface area contributed by atoms with E-state index in [2.05, 4.69) is 5.32 Å². The molecule has 0 radical (unpaired) electrons. The van der Waals surface area contributed by atoms with Crippen molar-refractivity contribution >= 4 is 16.2 Å². The summed E-state index contributed by atoms with van der Waals surface area (Å²) in [6.45, 7) is 4.79. The lowest BCUT2D eigenvalue weighted by Crippen LogP contribution is -2.41. The van der Waals surface area contributed by atoms with Crippen molar-refractivity contribution in [3.63, 3.8) is 0 Å². The maximum absolute atomic E-state index is 11.4. The molecule has 7 nitrogen and oxygen atoms in total. The molecule has 0 unspecified atom stereocenters. The van der Waals surface area contributed by atoms with E-state index in [0.717, 1.165) is 0 Å². The summed E-state index contributed by atoms with van der Waals surface area (Å²) in [7, 11) is -4.01. The van der Waals surface area contributed by atoms with Crippen molar-refractivity contribution in [2.45, 2.75) is 45.3 Å². The van der Waals surface area contributed by atoms with E-state index in [9.17, 15) is 13.2 Å². The molecule has 0 fully saturated rings. The highest BCUT2D eigenvalue weighted by atomic mass is 32.2. The van der Waals surface area contributed by atoms with Crippen LogP contribution in [0.3, 0.4) is 0 Å². The Balaban J connectivity index is 4.08. The van der Waals surface area contributed by atoms with Gasteiger partial charge in [-0.15, -0.1) is 0 Å². The van der Waals surface area contributed by atoms with Gasteiger partial charge in [0.2, 0.25) is 0 Å². The van der Waals surface area contributed by atoms with Gasteiger partial charge in [0.05, 0.1) is 18.4 Å². The van der Waals surface area contributed by atoms with E-state index in [1.807, 2.05) is 0 Å². The van der Waals surface area contributed by atoms with Crippen LogP contribution in [-0.4, -0.2) is 48.2 Å². The molecule has 0 aliphatic heterocycles. The lowest BCUT2D eigenvalue weighted by atomic mass is 10.2. The Morgan fingerprint density at radius 2 is 1.94 bits per heavy atom. The van der Waals surface area contributed by atoms with Crippen molar-refractivity contribution in [1.29, 1.82) is 0 Å². The quantitative estimate of drug-likeness (QED) is 0.613. The van der Waals surface area contributed by atoms with Crippen molar-refractivity contribution in [3.05, 3.63) is 0 Å². The molecule has 0 aromatic carbocycles. The Labute approximate surface area is 107 Å². The van der Waals surface area contributed by atoms with Crippen LogP contribution < -0.4 is 5.32 Å². The number of hydrogen-bond donors (Lipinski definition) is 3. The fourth-order valence-corrected chi connectivity index (χ4v) is 1.73. The Bertz CT molecular complexity index is 359. The summed E-state index contributed by atoms with van der Waals surface area (Å²) < 4.78 is 34.5. The Hall–Kier alpha value is -0.860. The van der Waals surface area contributed by atoms with Gasteiger partial charge in [-0.1, -0.05) is 0 Å². The topological polar surface area (TPSA) is 113 Å². The highest BCUT2D eigenvalue weighted by Crippen LogP contribution is 2.07. The van der Waals surface area contributed by atoms with Gasteiger partial charge in [0.25, 0.3) is 10.1 Å². The maximum Gasteiger partial charge on any atom is 0.407 e. The fraction of sp³-hybridized carbons (Fsp3) is 0.900. The zero-order chi connectivity index (χ0) is 14.4. The molecule has 0 aliphatic rings. The van der Waals surface area contributed by atoms with Gasteiger partial charge >= 0.3 is 6.09 Å². The lowest BCUT2D eigenvalue weighted by Gasteiger charge is -2.22. The minimum absolute atomic E-state index is 0.139. The Morgan fingerprint density at radius 1 is 1.39 bits per heavy atom. The van der Waals surface area contributed by atoms with Crippen LogP contribution in [0, 0.1) is 0 Å². The highest BCUT2D eigenvalue weighted by Gasteiger charge is 2.19. The zero-order valence-corrected chi connectivity index (χ0v) is 11.7. The number of rotatable bonds is 6. The number of aliphatic hydroxyl groups is 1. The molecule has 3 N–H and O–H groups in total. The van der Waals surface area contributed by atoms with E-state index in [4.69, 9.17) is 14.4 Å². The number of aliphatic hydroxyl groups excluding tert-OH is 1. The third-order valence-corrected chi connectivity index (χ3v) is 2.70. The summed E-state index contributed by atoms with van der Waals surface area (Å²) >= 11 is 0. The third kappa shape index (κ3) is 10.3. The second kappa shape index (κ2) is 6.91. The molecule has 18 heavy (non-hydrogen) atoms. The van der Waals surface area contributed by atoms with Gasteiger partial charge in [0.15, 0.2) is 0 Å². The monoisotopic (exact) mass is 283 g/mol. The van der Waals surface area contributed by atoms with Crippen LogP contribution in [0.15, 0.2) is 0 Å². The van der Waals surface area contributed by atoms with Crippen molar-refractivity contribution in [3.8, 4) is 0 Å². The normalized spacial score (nSPS) is 14.1. The van der Waals surface area contributed by atoms with Gasteiger partial charge in [-0.25, -0.2) is 4.79 Å². The molecule has 0 saturated heterocycles. The number of carbonyl (C=O) groups is 1. The molecule has 108 valence electrons. The van der Waals surface area contributed by atoms with E-state index in [1.54, 1.807) is 20.8 Å². The Morgan fingerprint density at radius 3 is 2.33 bits per heavy atom. The van der Waals surface area contributed by atoms with Crippen molar-refractivity contribution in [2.75, 3.05) is 12.4 Å². The molecule has 8 heteroatoms. The van der Waals surface area contributed by atoms with Crippen LogP contribution in [0.5, 0.6) is 0 Å². The van der Waals surface area contributed by atoms with Crippen LogP contribution in [0.25, 0.3) is 0 Å². The van der Waals surface area contributed by atoms with Gasteiger partial charge in [0.1, 0.15) is 5.60 Å². The third-order valence-electron chi connectivity index (χ3n) is 1.90. The summed E-state index contributed by atoms with van der Waals surface area (Å²) in [5.41, 5.74) is -0.640. The number of alkyl carbamates (subject to hydrolysis) is 1. The molecular weight excluding hydrogens is 262 g/mol. The molecule has 0 spiro atoms. The van der Waals surface area contributed by atoms with E-state index in [0.29, 0.717) is 0 Å². The summed E-state index contributed by atoms with van der Waals surface area (Å²) in [6, 6.07) is -0.596. The second-order valence-corrected chi connectivity index (χ2v) is 6.53. The Kier molecular flexibility index (Phi) is 6.58. The number of ether oxygens (including phenoxy) is 1. The fourth-order valence-electron chi connectivity index (χ4n) is 1.20. The minimum atomic E-state index is -4.01. The molecule has 0 bridgehead atoms. The molecule has 0 aromatic rings. The summed E-state index contributed by atoms with van der Waals surface area (Å²) in [6.07, 6.45) is -0.302. The smallest absolute Gasteiger partial charge is 0.407 e. The molecular formula is C10H21NO6S. The largest absolute Gasteiger partial charge is 0.444 e. The van der Waals surface area contributed by atoms with Crippen molar-refractivity contribution < 1.29 is 27.6 Å². The van der Waals surface area contributed by atoms with Crippen LogP contribution in [0.4, 0.5) is 4.79 Å². The van der Waals surface area contributed by atoms with Crippen LogP contribution in [0.2, 0.25) is 0 Å². The molecule has 0 rings (SSSR count). The highest BCUT2D eigenvalue weighted by molar-refractivity contribution is 7.85. The predicted molar refractivity (Wildman–Crippen MR) is 65.9 cm³/mol. The summed E-state index contributed by atoms with van der Waals surface area (Å²) in [5, 5.41) is 11.4. The maximum atomic E-state index is 11.4. The molecule has 0 heterocycles. The second-order valence-electron chi connectivity index (χ2n) is 4.95. The first-order chi connectivity index (χ1) is 8.03. The van der Waals surface area contributed by atoms with E-state index < -0.39 is 33.6 Å². The van der Waals surface area contributed by atoms with E-state index in [-0.39, 0.29) is 19.4 Å². The van der Waals surface area contributed by atoms with Gasteiger partial charge in [-0.3, -0.25) is 4.55 Å². The average Bonchev–Trinajstić information content (AvgIpc) is 2.11. The average molecular weight is 283 g/mol. The van der Waals surface area contributed by atoms with Crippen LogP contribution in [0.1, 0.15) is 33.6 Å². The first-order valence-electron chi connectivity index (χ1n) is 5.59. The van der Waals surface area contributed by atoms with Gasteiger partial charge in [0, 0.05) is 0 Å². The van der Waals surface area contributed by atoms with Crippen LogP contribution in [-0.2, 0) is 14.9 Å². The van der Waals surface area contributed by atoms with Gasteiger partial charge in [-0.2, -0.15) is 8.42 Å². The standard InChI is InChI=1S/C10H21NO6S/c1-10(2,3)17-9(13)11-8(7-12)5-4-6-18(14,15)16/h8,12H,4-7H2,1-3H3,(H,11,13)(H,14,15,16)/t8-/m0/s1. The lowest BCUT2D eigenvalue weighted by molar-refractivity contribution is 0.0479. The summed E-state index contributed by atoms with van der Waals surface area (Å²) in [4.78, 5) is 11.4. The zero-order valence-electron chi connectivity index (χ0n) is 10.8. The number of carbonyl (C=O) groups excluding carboxylic acids is 1. The van der Waals surface area contributed by atoms with Crippen molar-refractivity contribution in [2.24, 2.45) is 0 Å². The number of hydrogen-bond acceptors (Lipinski definition) is 5. The first kappa shape index (κ1) is 17.1. The number of amides is 1. The van der Waals surface area contributed by atoms with Crippen LogP contribution >= 0.6 is 0 Å². The van der Waals surface area contributed by atoms with Gasteiger partial charge in [-0.05, 0) is 33.6 Å². The van der Waals surface area contributed by atoms with Gasteiger partial charge < -0.3 is 15.2 Å². The minimum Gasteiger partial charge on any atom is -0.444 e. The van der Waals surface area contributed by atoms with E-state index in [1.165, 1.54) is 0 Å².